The van der Waals surface area contributed by atoms with Gasteiger partial charge in [0.2, 0.25) is 0 Å². The summed E-state index contributed by atoms with van der Waals surface area (Å²) in [6.45, 7) is 2.42. The number of ketones is 2. The molecule has 63 heavy (non-hydrogen) atoms. The molecule has 0 unspecified atom stereocenters. The minimum Gasteiger partial charge on any atom is -0.507 e. The largest absolute Gasteiger partial charge is 0.507 e. The number of phenols is 3. The number of aryl methyl sites for hydroxylation is 1. The molecule has 1 amide bonds. The van der Waals surface area contributed by atoms with Gasteiger partial charge in [0.15, 0.2) is 24.1 Å². The Kier molecular flexibility index (Phi) is 12.3. The van der Waals surface area contributed by atoms with Crippen LogP contribution in [-0.4, -0.2) is 163 Å². The molecule has 0 bridgehead atoms. The predicted octanol–water partition coefficient (Wildman–Crippen LogP) is -1.16. The van der Waals surface area contributed by atoms with Gasteiger partial charge in [-0.05, 0) is 49.7 Å². The number of carbonyl (C=O) groups excluding carboxylic acids is 3. The number of rotatable bonds is 11. The lowest BCUT2D eigenvalue weighted by Crippen LogP contribution is -2.65. The van der Waals surface area contributed by atoms with Crippen molar-refractivity contribution < 1.29 is 98.7 Å². The lowest BCUT2D eigenvalue weighted by Gasteiger charge is -2.47. The molecule has 2 saturated heterocycles. The van der Waals surface area contributed by atoms with E-state index in [1.54, 1.807) is 6.92 Å². The van der Waals surface area contributed by atoms with Crippen LogP contribution in [0, 0.1) is 6.92 Å². The Hall–Kier alpha value is -5.79. The van der Waals surface area contributed by atoms with Crippen LogP contribution in [0.5, 0.6) is 23.0 Å². The highest BCUT2D eigenvalue weighted by molar-refractivity contribution is 6.31. The normalized spacial score (nSPS) is 29.1. The standard InChI is InChI=1S/C41H44N2O20/c1-11-5-17-25(32(52)22(11)38(56)43-18(39(57)58)9-21(46)47)24-15(8-16-26(33(24)53)29(49)14-6-13(59-4)7-19(44)23(14)28(16)48)30(50)36(17)62-41-35(55)37(27(42-3)12(2)61-41)63-40-34(54)31(51)20(45)10-60-40/h5-8,12,18,20,27,30-31,34-37,40-42,44-45,50-55H,9-10H2,1-4H3,(H,43,56)(H,46,47)(H,57,58)/t12-,18-,20-,27+,30+,31+,34-,35-,36+,37+,40+,41+/m1/s1. The minimum atomic E-state index is -1.98. The summed E-state index contributed by atoms with van der Waals surface area (Å²) >= 11 is 0. The van der Waals surface area contributed by atoms with E-state index in [2.05, 4.69) is 5.32 Å². The van der Waals surface area contributed by atoms with E-state index in [0.29, 0.717) is 0 Å². The van der Waals surface area contributed by atoms with Gasteiger partial charge in [0.25, 0.3) is 5.91 Å². The number of methoxy groups -OCH3 is 1. The van der Waals surface area contributed by atoms with Crippen LogP contribution in [0.15, 0.2) is 24.3 Å². The fourth-order valence-corrected chi connectivity index (χ4v) is 8.57. The van der Waals surface area contributed by atoms with E-state index in [9.17, 15) is 75.0 Å². The Morgan fingerprint density at radius 1 is 0.825 bits per heavy atom. The van der Waals surface area contributed by atoms with E-state index in [1.807, 2.05) is 5.32 Å². The van der Waals surface area contributed by atoms with Crippen LogP contribution in [0.3, 0.4) is 0 Å². The fourth-order valence-electron chi connectivity index (χ4n) is 8.57. The van der Waals surface area contributed by atoms with Crippen molar-refractivity contribution >= 4 is 29.4 Å². The molecule has 22 nitrogen and oxygen atoms in total. The lowest BCUT2D eigenvalue weighted by molar-refractivity contribution is -0.339. The van der Waals surface area contributed by atoms with Crippen LogP contribution in [-0.2, 0) is 28.5 Å². The molecule has 0 spiro atoms. The highest BCUT2D eigenvalue weighted by Crippen LogP contribution is 2.57. The van der Waals surface area contributed by atoms with Gasteiger partial charge in [-0.2, -0.15) is 0 Å². The molecule has 338 valence electrons. The first-order valence-corrected chi connectivity index (χ1v) is 19.4. The van der Waals surface area contributed by atoms with Crippen LogP contribution < -0.4 is 15.4 Å². The highest BCUT2D eigenvalue weighted by Gasteiger charge is 2.51. The molecule has 12 atom stereocenters. The predicted molar refractivity (Wildman–Crippen MR) is 207 cm³/mol. The number of phenolic OH excluding ortho intramolecular Hbond substituents is 3. The third-order valence-electron chi connectivity index (χ3n) is 11.7. The number of ether oxygens (including phenoxy) is 5. The third kappa shape index (κ3) is 7.62. The van der Waals surface area contributed by atoms with Crippen molar-refractivity contribution in [3.05, 3.63) is 68.8 Å². The maximum Gasteiger partial charge on any atom is 0.326 e. The zero-order valence-electron chi connectivity index (χ0n) is 33.7. The van der Waals surface area contributed by atoms with Crippen molar-refractivity contribution in [1.29, 1.82) is 0 Å². The number of carboxylic acids is 2. The molecule has 22 heteroatoms. The third-order valence-corrected chi connectivity index (χ3v) is 11.7. The van der Waals surface area contributed by atoms with Gasteiger partial charge in [-0.3, -0.25) is 19.2 Å². The topological polar surface area (TPSA) is 358 Å². The van der Waals surface area contributed by atoms with Crippen molar-refractivity contribution in [3.8, 4) is 34.1 Å². The summed E-state index contributed by atoms with van der Waals surface area (Å²) < 4.78 is 28.9. The smallest absolute Gasteiger partial charge is 0.326 e. The van der Waals surface area contributed by atoms with Crippen LogP contribution in [0.2, 0.25) is 0 Å². The maximum atomic E-state index is 14.1. The number of aliphatic hydroxyl groups is 5. The molecule has 2 aliphatic heterocycles. The van der Waals surface area contributed by atoms with Gasteiger partial charge in [0, 0.05) is 28.3 Å². The number of aliphatic hydroxyl groups excluding tert-OH is 5. The molecular weight excluding hydrogens is 840 g/mol. The molecule has 2 heterocycles. The van der Waals surface area contributed by atoms with Gasteiger partial charge < -0.3 is 85.4 Å². The van der Waals surface area contributed by atoms with Gasteiger partial charge in [-0.25, -0.2) is 4.79 Å². The Bertz CT molecular complexity index is 2400. The Morgan fingerprint density at radius 3 is 2.11 bits per heavy atom. The van der Waals surface area contributed by atoms with Gasteiger partial charge in [-0.1, -0.05) is 6.07 Å². The highest BCUT2D eigenvalue weighted by atomic mass is 16.7. The van der Waals surface area contributed by atoms with Gasteiger partial charge >= 0.3 is 11.9 Å². The van der Waals surface area contributed by atoms with Crippen LogP contribution in [0.1, 0.15) is 84.4 Å². The number of fused-ring (bicyclic) bond motifs is 5. The van der Waals surface area contributed by atoms with E-state index in [-0.39, 0.29) is 28.0 Å². The van der Waals surface area contributed by atoms with E-state index in [0.717, 1.165) is 18.2 Å². The summed E-state index contributed by atoms with van der Waals surface area (Å²) in [7, 11) is 2.75. The number of amides is 1. The number of benzene rings is 3. The van der Waals surface area contributed by atoms with Gasteiger partial charge in [0.05, 0.1) is 49.0 Å². The van der Waals surface area contributed by atoms with Gasteiger partial charge in [0.1, 0.15) is 71.8 Å². The number of nitrogens with one attached hydrogen (secondary N) is 2. The number of aromatic hydroxyl groups is 3. The monoisotopic (exact) mass is 884 g/mol. The van der Waals surface area contributed by atoms with Crippen molar-refractivity contribution in [2.45, 2.75) is 93.8 Å². The summed E-state index contributed by atoms with van der Waals surface area (Å²) in [6.07, 6.45) is -17.1. The minimum absolute atomic E-state index is 0.0191. The number of hydrogen-bond acceptors (Lipinski definition) is 19. The molecule has 12 N–H and O–H groups in total. The van der Waals surface area contributed by atoms with Crippen molar-refractivity contribution in [2.75, 3.05) is 20.8 Å². The first-order chi connectivity index (χ1) is 29.7. The SMILES string of the molecule is CN[C@@H]1[C@H](O[C@@H]2OC[C@@H](O)[C@H](O)[C@H]2O)[C@@H](O)[C@H](O[C@H]2c3cc(C)c(C(=O)N[C@H](CC(=O)O)C(=O)O)c(O)c3-c3c(cc4c(c3O)C(=O)c3cc(OC)cc(O)c3C4=O)[C@@H]2O)O[C@@H]1C. The Balaban J connectivity index is 1.37. The average Bonchev–Trinajstić information content (AvgIpc) is 3.22. The molecule has 0 saturated carbocycles. The van der Waals surface area contributed by atoms with Crippen molar-refractivity contribution in [1.82, 2.24) is 10.6 Å². The molecule has 3 aromatic carbocycles. The molecule has 3 aromatic rings. The van der Waals surface area contributed by atoms with Crippen LogP contribution in [0.25, 0.3) is 11.1 Å². The van der Waals surface area contributed by atoms with Crippen molar-refractivity contribution in [3.63, 3.8) is 0 Å². The van der Waals surface area contributed by atoms with Gasteiger partial charge in [-0.15, -0.1) is 0 Å². The zero-order valence-corrected chi connectivity index (χ0v) is 33.7. The first kappa shape index (κ1) is 45.2. The Morgan fingerprint density at radius 2 is 1.48 bits per heavy atom. The summed E-state index contributed by atoms with van der Waals surface area (Å²) in [6, 6.07) is 1.63. The molecule has 0 radical (unpaired) electrons. The quantitative estimate of drug-likeness (QED) is 0.0845. The maximum absolute atomic E-state index is 14.1. The van der Waals surface area contributed by atoms with Crippen LogP contribution in [0.4, 0.5) is 0 Å². The van der Waals surface area contributed by atoms with E-state index < -0.39 is 167 Å². The second-order valence-corrected chi connectivity index (χ2v) is 15.5. The molecular formula is C41H44N2O20. The molecule has 4 aliphatic rings. The first-order valence-electron chi connectivity index (χ1n) is 19.4. The number of carboxylic acid groups (broad SMARTS) is 2. The summed E-state index contributed by atoms with van der Waals surface area (Å²) in [5, 5.41) is 114. The average molecular weight is 885 g/mol. The number of carbonyl (C=O) groups is 5. The summed E-state index contributed by atoms with van der Waals surface area (Å²) in [5.74, 6) is -9.16. The number of likely N-dealkylation sites (N-methyl/N-ethyl adjacent to an activating group) is 1. The fraction of sp³-hybridized carbons (Fsp3) is 0.439. The number of aliphatic carboxylic acids is 2. The van der Waals surface area contributed by atoms with Crippen molar-refractivity contribution in [2.24, 2.45) is 0 Å². The van der Waals surface area contributed by atoms with E-state index in [1.165, 1.54) is 27.1 Å². The van der Waals surface area contributed by atoms with E-state index >= 15 is 0 Å². The number of hydrogen-bond donors (Lipinski definition) is 12. The summed E-state index contributed by atoms with van der Waals surface area (Å²) in [4.78, 5) is 65.3. The molecule has 2 fully saturated rings. The van der Waals surface area contributed by atoms with E-state index in [4.69, 9.17) is 23.7 Å². The molecule has 7 rings (SSSR count). The molecule has 0 aromatic heterocycles. The summed E-state index contributed by atoms with van der Waals surface area (Å²) in [5.41, 5.74) is -4.23. The lowest BCUT2D eigenvalue weighted by atomic mass is 9.74. The zero-order chi connectivity index (χ0) is 46.1. The Labute approximate surface area is 355 Å². The van der Waals surface area contributed by atoms with Crippen LogP contribution >= 0.6 is 0 Å². The second-order valence-electron chi connectivity index (χ2n) is 15.5. The second kappa shape index (κ2) is 17.1. The molecule has 2 aliphatic carbocycles.